The Morgan fingerprint density at radius 2 is 1.52 bits per heavy atom. The lowest BCUT2D eigenvalue weighted by atomic mass is 10.1. The summed E-state index contributed by atoms with van der Waals surface area (Å²) in [5, 5.41) is 4.01. The van der Waals surface area contributed by atoms with Gasteiger partial charge in [0.05, 0.1) is 27.9 Å². The standard InChI is InChI=1S/C19H24ClNO4/c1-5-25-19-13(7-6-8-16(19)22-2)11-21-12-14-9-17(23-3)18(24-4)10-15(14)20/h6-10,21H,5,11-12H2,1-4H3. The molecule has 0 amide bonds. The average Bonchev–Trinajstić information content (AvgIpc) is 2.63. The monoisotopic (exact) mass is 365 g/mol. The first-order valence-corrected chi connectivity index (χ1v) is 8.42. The smallest absolute Gasteiger partial charge is 0.165 e. The van der Waals surface area contributed by atoms with E-state index >= 15 is 0 Å². The van der Waals surface area contributed by atoms with Crippen molar-refractivity contribution in [2.24, 2.45) is 0 Å². The van der Waals surface area contributed by atoms with Gasteiger partial charge in [0.2, 0.25) is 0 Å². The van der Waals surface area contributed by atoms with E-state index in [0.717, 1.165) is 22.6 Å². The lowest BCUT2D eigenvalue weighted by Gasteiger charge is -2.15. The van der Waals surface area contributed by atoms with Crippen LogP contribution in [0.15, 0.2) is 30.3 Å². The maximum Gasteiger partial charge on any atom is 0.165 e. The molecule has 0 aliphatic carbocycles. The van der Waals surface area contributed by atoms with Crippen molar-refractivity contribution in [1.29, 1.82) is 0 Å². The minimum absolute atomic E-state index is 0.578. The molecule has 2 aromatic carbocycles. The molecule has 2 aromatic rings. The van der Waals surface area contributed by atoms with Gasteiger partial charge >= 0.3 is 0 Å². The molecule has 0 unspecified atom stereocenters. The van der Waals surface area contributed by atoms with Crippen LogP contribution in [0.5, 0.6) is 23.0 Å². The minimum atomic E-state index is 0.578. The number of rotatable bonds is 9. The fourth-order valence-corrected chi connectivity index (χ4v) is 2.75. The van der Waals surface area contributed by atoms with Gasteiger partial charge in [-0.3, -0.25) is 0 Å². The lowest BCUT2D eigenvalue weighted by molar-refractivity contribution is 0.306. The van der Waals surface area contributed by atoms with Crippen LogP contribution in [0.25, 0.3) is 0 Å². The highest BCUT2D eigenvalue weighted by molar-refractivity contribution is 6.31. The van der Waals surface area contributed by atoms with Crippen molar-refractivity contribution >= 4 is 11.6 Å². The van der Waals surface area contributed by atoms with Gasteiger partial charge in [0.1, 0.15) is 0 Å². The second kappa shape index (κ2) is 9.39. The molecule has 0 bridgehead atoms. The molecule has 0 saturated carbocycles. The number of methoxy groups -OCH3 is 3. The van der Waals surface area contributed by atoms with Crippen molar-refractivity contribution in [1.82, 2.24) is 5.32 Å². The largest absolute Gasteiger partial charge is 0.493 e. The van der Waals surface area contributed by atoms with Gasteiger partial charge in [0.15, 0.2) is 23.0 Å². The normalized spacial score (nSPS) is 10.4. The predicted molar refractivity (Wildman–Crippen MR) is 99.3 cm³/mol. The fourth-order valence-electron chi connectivity index (χ4n) is 2.53. The Labute approximate surface area is 153 Å². The molecular formula is C19H24ClNO4. The van der Waals surface area contributed by atoms with E-state index in [1.54, 1.807) is 27.4 Å². The van der Waals surface area contributed by atoms with Gasteiger partial charge in [-0.1, -0.05) is 23.7 Å². The van der Waals surface area contributed by atoms with E-state index in [0.29, 0.717) is 36.2 Å². The fraction of sp³-hybridized carbons (Fsp3) is 0.368. The van der Waals surface area contributed by atoms with Gasteiger partial charge in [0, 0.05) is 29.7 Å². The molecule has 0 spiro atoms. The number of ether oxygens (including phenoxy) is 4. The number of para-hydroxylation sites is 1. The Morgan fingerprint density at radius 1 is 0.880 bits per heavy atom. The SMILES string of the molecule is CCOc1c(CNCc2cc(OC)c(OC)cc2Cl)cccc1OC. The maximum absolute atomic E-state index is 6.33. The van der Waals surface area contributed by atoms with E-state index < -0.39 is 0 Å². The lowest BCUT2D eigenvalue weighted by Crippen LogP contribution is -2.14. The third-order valence-corrected chi connectivity index (χ3v) is 4.10. The Kier molecular flexibility index (Phi) is 7.22. The van der Waals surface area contributed by atoms with Crippen LogP contribution < -0.4 is 24.3 Å². The first-order chi connectivity index (χ1) is 12.1. The van der Waals surface area contributed by atoms with Crippen LogP contribution in [0.2, 0.25) is 5.02 Å². The molecule has 0 saturated heterocycles. The zero-order chi connectivity index (χ0) is 18.2. The molecule has 2 rings (SSSR count). The van der Waals surface area contributed by atoms with Crippen molar-refractivity contribution in [2.75, 3.05) is 27.9 Å². The van der Waals surface area contributed by atoms with Gasteiger partial charge in [-0.2, -0.15) is 0 Å². The first kappa shape index (κ1) is 19.2. The summed E-state index contributed by atoms with van der Waals surface area (Å²) < 4.78 is 21.7. The summed E-state index contributed by atoms with van der Waals surface area (Å²) in [6, 6.07) is 9.48. The Bertz CT molecular complexity index is 706. The predicted octanol–water partition coefficient (Wildman–Crippen LogP) is 4.05. The van der Waals surface area contributed by atoms with E-state index in [9.17, 15) is 0 Å². The van der Waals surface area contributed by atoms with Crippen molar-refractivity contribution in [3.8, 4) is 23.0 Å². The van der Waals surface area contributed by atoms with Gasteiger partial charge in [-0.05, 0) is 24.6 Å². The van der Waals surface area contributed by atoms with Crippen molar-refractivity contribution < 1.29 is 18.9 Å². The van der Waals surface area contributed by atoms with E-state index in [1.807, 2.05) is 31.2 Å². The van der Waals surface area contributed by atoms with Crippen LogP contribution in [0.3, 0.4) is 0 Å². The van der Waals surface area contributed by atoms with Gasteiger partial charge in [-0.15, -0.1) is 0 Å². The molecule has 0 aliphatic rings. The molecule has 1 N–H and O–H groups in total. The maximum atomic E-state index is 6.33. The van der Waals surface area contributed by atoms with Crippen LogP contribution in [0.4, 0.5) is 0 Å². The van der Waals surface area contributed by atoms with E-state index in [1.165, 1.54) is 0 Å². The zero-order valence-electron chi connectivity index (χ0n) is 15.0. The second-order valence-corrected chi connectivity index (χ2v) is 5.69. The van der Waals surface area contributed by atoms with Crippen LogP contribution in [-0.2, 0) is 13.1 Å². The second-order valence-electron chi connectivity index (χ2n) is 5.28. The summed E-state index contributed by atoms with van der Waals surface area (Å²) in [7, 11) is 4.83. The van der Waals surface area contributed by atoms with Gasteiger partial charge in [-0.25, -0.2) is 0 Å². The summed E-state index contributed by atoms with van der Waals surface area (Å²) in [6.07, 6.45) is 0. The summed E-state index contributed by atoms with van der Waals surface area (Å²) in [6.45, 7) is 3.74. The van der Waals surface area contributed by atoms with Crippen LogP contribution in [-0.4, -0.2) is 27.9 Å². The molecule has 0 atom stereocenters. The molecule has 0 radical (unpaired) electrons. The third kappa shape index (κ3) is 4.71. The van der Waals surface area contributed by atoms with Gasteiger partial charge < -0.3 is 24.3 Å². The summed E-state index contributed by atoms with van der Waals surface area (Å²) in [5.41, 5.74) is 1.96. The van der Waals surface area contributed by atoms with E-state index in [2.05, 4.69) is 5.32 Å². The first-order valence-electron chi connectivity index (χ1n) is 8.04. The molecule has 0 aromatic heterocycles. The highest BCUT2D eigenvalue weighted by Crippen LogP contribution is 2.34. The van der Waals surface area contributed by atoms with Crippen LogP contribution >= 0.6 is 11.6 Å². The van der Waals surface area contributed by atoms with Crippen LogP contribution in [0, 0.1) is 0 Å². The molecule has 25 heavy (non-hydrogen) atoms. The van der Waals surface area contributed by atoms with E-state index in [-0.39, 0.29) is 0 Å². The Morgan fingerprint density at radius 3 is 2.16 bits per heavy atom. The van der Waals surface area contributed by atoms with Crippen molar-refractivity contribution in [3.63, 3.8) is 0 Å². The highest BCUT2D eigenvalue weighted by atomic mass is 35.5. The zero-order valence-corrected chi connectivity index (χ0v) is 15.8. The molecule has 136 valence electrons. The molecule has 5 nitrogen and oxygen atoms in total. The number of nitrogens with one attached hydrogen (secondary N) is 1. The molecule has 0 fully saturated rings. The summed E-state index contributed by atoms with van der Waals surface area (Å²) in [5.74, 6) is 2.76. The van der Waals surface area contributed by atoms with Gasteiger partial charge in [0.25, 0.3) is 0 Å². The third-order valence-electron chi connectivity index (χ3n) is 3.75. The quantitative estimate of drug-likeness (QED) is 0.726. The van der Waals surface area contributed by atoms with Crippen LogP contribution in [0.1, 0.15) is 18.1 Å². The Hall–Kier alpha value is -2.11. The molecule has 6 heteroatoms. The Balaban J connectivity index is 2.11. The van der Waals surface area contributed by atoms with Crippen molar-refractivity contribution in [2.45, 2.75) is 20.0 Å². The summed E-state index contributed by atoms with van der Waals surface area (Å²) >= 11 is 6.33. The highest BCUT2D eigenvalue weighted by Gasteiger charge is 2.12. The molecular weight excluding hydrogens is 342 g/mol. The summed E-state index contributed by atoms with van der Waals surface area (Å²) in [4.78, 5) is 0. The molecule has 0 heterocycles. The number of hydrogen-bond acceptors (Lipinski definition) is 5. The molecule has 0 aliphatic heterocycles. The average molecular weight is 366 g/mol. The number of hydrogen-bond donors (Lipinski definition) is 1. The van der Waals surface area contributed by atoms with E-state index in [4.69, 9.17) is 30.5 Å². The number of halogens is 1. The minimum Gasteiger partial charge on any atom is -0.493 e. The topological polar surface area (TPSA) is 49.0 Å². The van der Waals surface area contributed by atoms with Crippen molar-refractivity contribution in [3.05, 3.63) is 46.5 Å². The number of benzene rings is 2.